The first-order valence-electron chi connectivity index (χ1n) is 4.68. The van der Waals surface area contributed by atoms with E-state index in [1.165, 1.54) is 32.1 Å². The zero-order valence-corrected chi connectivity index (χ0v) is 10.5. The minimum atomic E-state index is 0.606. The molecule has 1 fully saturated rings. The van der Waals surface area contributed by atoms with Crippen LogP contribution in [-0.4, -0.2) is 9.78 Å². The second-order valence-corrected chi connectivity index (χ2v) is 5.15. The van der Waals surface area contributed by atoms with Crippen molar-refractivity contribution in [2.75, 3.05) is 0 Å². The van der Waals surface area contributed by atoms with Gasteiger partial charge in [-0.15, -0.1) is 0 Å². The van der Waals surface area contributed by atoms with Crippen LogP contribution in [0.2, 0.25) is 0 Å². The van der Waals surface area contributed by atoms with Gasteiger partial charge in [0.2, 0.25) is 0 Å². The van der Waals surface area contributed by atoms with Crippen LogP contribution in [0.25, 0.3) is 0 Å². The highest BCUT2D eigenvalue weighted by Crippen LogP contribution is 2.31. The second-order valence-electron chi connectivity index (χ2n) is 3.53. The Labute approximate surface area is 95.0 Å². The predicted octanol–water partition coefficient (Wildman–Crippen LogP) is 3.91. The Morgan fingerprint density at radius 1 is 1.23 bits per heavy atom. The molecule has 2 rings (SSSR count). The molecule has 0 saturated heterocycles. The van der Waals surface area contributed by atoms with Gasteiger partial charge in [0.1, 0.15) is 9.21 Å². The largest absolute Gasteiger partial charge is 0.254 e. The van der Waals surface area contributed by atoms with Crippen LogP contribution in [0.5, 0.6) is 0 Å². The van der Waals surface area contributed by atoms with E-state index in [9.17, 15) is 0 Å². The number of aromatic nitrogens is 2. The van der Waals surface area contributed by atoms with Gasteiger partial charge in [-0.25, -0.2) is 0 Å². The van der Waals surface area contributed by atoms with Crippen molar-refractivity contribution in [2.45, 2.75) is 38.1 Å². The SMILES string of the molecule is Brc1cc(Br)n(C2CCCCC2)n1. The van der Waals surface area contributed by atoms with E-state index in [2.05, 4.69) is 41.6 Å². The van der Waals surface area contributed by atoms with Gasteiger partial charge in [-0.2, -0.15) is 5.10 Å². The predicted molar refractivity (Wildman–Crippen MR) is 59.7 cm³/mol. The Morgan fingerprint density at radius 2 is 1.92 bits per heavy atom. The summed E-state index contributed by atoms with van der Waals surface area (Å²) in [6.45, 7) is 0. The minimum Gasteiger partial charge on any atom is -0.254 e. The van der Waals surface area contributed by atoms with E-state index >= 15 is 0 Å². The van der Waals surface area contributed by atoms with Crippen LogP contribution in [-0.2, 0) is 0 Å². The van der Waals surface area contributed by atoms with Gasteiger partial charge in [0, 0.05) is 6.07 Å². The summed E-state index contributed by atoms with van der Waals surface area (Å²) in [5.74, 6) is 0. The third-order valence-corrected chi connectivity index (χ3v) is 3.56. The van der Waals surface area contributed by atoms with Crippen molar-refractivity contribution in [3.8, 4) is 0 Å². The maximum atomic E-state index is 4.42. The molecule has 1 aliphatic rings. The molecule has 0 atom stereocenters. The minimum absolute atomic E-state index is 0.606. The molecule has 1 heterocycles. The van der Waals surface area contributed by atoms with E-state index in [4.69, 9.17) is 0 Å². The Hall–Kier alpha value is 0.170. The highest BCUT2D eigenvalue weighted by molar-refractivity contribution is 9.11. The van der Waals surface area contributed by atoms with Crippen LogP contribution in [0.15, 0.2) is 15.3 Å². The first-order valence-corrected chi connectivity index (χ1v) is 6.26. The molecule has 0 N–H and O–H groups in total. The van der Waals surface area contributed by atoms with Crippen LogP contribution in [0, 0.1) is 0 Å². The Bertz CT molecular complexity index is 290. The van der Waals surface area contributed by atoms with Crippen LogP contribution < -0.4 is 0 Å². The van der Waals surface area contributed by atoms with Gasteiger partial charge in [0.15, 0.2) is 0 Å². The zero-order chi connectivity index (χ0) is 9.26. The number of halogens is 2. The van der Waals surface area contributed by atoms with Crippen LogP contribution in [0.3, 0.4) is 0 Å². The van der Waals surface area contributed by atoms with Gasteiger partial charge in [-0.05, 0) is 44.7 Å². The Balaban J connectivity index is 2.18. The zero-order valence-electron chi connectivity index (χ0n) is 7.34. The lowest BCUT2D eigenvalue weighted by atomic mass is 9.96. The first kappa shape index (κ1) is 9.71. The van der Waals surface area contributed by atoms with Gasteiger partial charge in [-0.3, -0.25) is 4.68 Å². The maximum absolute atomic E-state index is 4.42. The van der Waals surface area contributed by atoms with Crippen molar-refractivity contribution in [3.05, 3.63) is 15.3 Å². The van der Waals surface area contributed by atoms with Crippen molar-refractivity contribution in [2.24, 2.45) is 0 Å². The summed E-state index contributed by atoms with van der Waals surface area (Å²) >= 11 is 6.91. The topological polar surface area (TPSA) is 17.8 Å². The average Bonchev–Trinajstić information content (AvgIpc) is 2.47. The molecule has 1 saturated carbocycles. The van der Waals surface area contributed by atoms with E-state index in [1.807, 2.05) is 6.07 Å². The third kappa shape index (κ3) is 2.15. The summed E-state index contributed by atoms with van der Waals surface area (Å²) in [4.78, 5) is 0. The molecule has 0 radical (unpaired) electrons. The van der Waals surface area contributed by atoms with Crippen LogP contribution in [0.1, 0.15) is 38.1 Å². The summed E-state index contributed by atoms with van der Waals surface area (Å²) in [5, 5.41) is 4.42. The molecule has 1 aromatic rings. The number of rotatable bonds is 1. The fourth-order valence-electron chi connectivity index (χ4n) is 1.93. The molecular weight excluding hydrogens is 296 g/mol. The van der Waals surface area contributed by atoms with Crippen molar-refractivity contribution >= 4 is 31.9 Å². The van der Waals surface area contributed by atoms with E-state index in [0.717, 1.165) is 9.21 Å². The summed E-state index contributed by atoms with van der Waals surface area (Å²) in [7, 11) is 0. The normalized spacial score (nSPS) is 19.2. The number of nitrogens with zero attached hydrogens (tertiary/aromatic N) is 2. The molecule has 4 heteroatoms. The molecule has 13 heavy (non-hydrogen) atoms. The summed E-state index contributed by atoms with van der Waals surface area (Å²) in [5.41, 5.74) is 0. The standard InChI is InChI=1S/C9H12Br2N2/c10-8-6-9(11)13(12-8)7-4-2-1-3-5-7/h6-7H,1-5H2. The molecule has 0 aromatic carbocycles. The molecule has 0 spiro atoms. The van der Waals surface area contributed by atoms with Gasteiger partial charge >= 0.3 is 0 Å². The summed E-state index contributed by atoms with van der Waals surface area (Å²) in [6.07, 6.45) is 6.61. The van der Waals surface area contributed by atoms with E-state index < -0.39 is 0 Å². The molecular formula is C9H12Br2N2. The number of hydrogen-bond donors (Lipinski definition) is 0. The molecule has 2 nitrogen and oxygen atoms in total. The number of hydrogen-bond acceptors (Lipinski definition) is 1. The average molecular weight is 308 g/mol. The van der Waals surface area contributed by atoms with Crippen molar-refractivity contribution in [3.63, 3.8) is 0 Å². The van der Waals surface area contributed by atoms with Gasteiger partial charge in [0.25, 0.3) is 0 Å². The highest BCUT2D eigenvalue weighted by atomic mass is 79.9. The Kier molecular flexibility index (Phi) is 3.09. The van der Waals surface area contributed by atoms with Gasteiger partial charge < -0.3 is 0 Å². The van der Waals surface area contributed by atoms with Crippen molar-refractivity contribution in [1.29, 1.82) is 0 Å². The third-order valence-electron chi connectivity index (χ3n) is 2.58. The molecule has 1 aromatic heterocycles. The quantitative estimate of drug-likeness (QED) is 0.769. The maximum Gasteiger partial charge on any atom is 0.129 e. The fraction of sp³-hybridized carbons (Fsp3) is 0.667. The van der Waals surface area contributed by atoms with E-state index in [1.54, 1.807) is 0 Å². The molecule has 0 bridgehead atoms. The Morgan fingerprint density at radius 3 is 2.46 bits per heavy atom. The molecule has 0 amide bonds. The smallest absolute Gasteiger partial charge is 0.129 e. The van der Waals surface area contributed by atoms with Gasteiger partial charge in [-0.1, -0.05) is 19.3 Å². The highest BCUT2D eigenvalue weighted by Gasteiger charge is 2.18. The molecule has 0 aliphatic heterocycles. The lowest BCUT2D eigenvalue weighted by molar-refractivity contribution is 0.324. The molecule has 0 unspecified atom stereocenters. The van der Waals surface area contributed by atoms with E-state index in [0.29, 0.717) is 6.04 Å². The van der Waals surface area contributed by atoms with Crippen LogP contribution in [0.4, 0.5) is 0 Å². The lowest BCUT2D eigenvalue weighted by Crippen LogP contribution is -2.14. The fourth-order valence-corrected chi connectivity index (χ4v) is 3.21. The summed E-state index contributed by atoms with van der Waals surface area (Å²) in [6, 6.07) is 2.61. The van der Waals surface area contributed by atoms with Crippen molar-refractivity contribution in [1.82, 2.24) is 9.78 Å². The first-order chi connectivity index (χ1) is 6.27. The summed E-state index contributed by atoms with van der Waals surface area (Å²) < 4.78 is 4.11. The van der Waals surface area contributed by atoms with Crippen molar-refractivity contribution < 1.29 is 0 Å². The van der Waals surface area contributed by atoms with Crippen LogP contribution >= 0.6 is 31.9 Å². The lowest BCUT2D eigenvalue weighted by Gasteiger charge is -2.22. The molecule has 1 aliphatic carbocycles. The van der Waals surface area contributed by atoms with E-state index in [-0.39, 0.29) is 0 Å². The van der Waals surface area contributed by atoms with Gasteiger partial charge in [0.05, 0.1) is 6.04 Å². The molecule has 72 valence electrons. The second kappa shape index (κ2) is 4.13. The monoisotopic (exact) mass is 306 g/mol.